The van der Waals surface area contributed by atoms with E-state index in [1.54, 1.807) is 32.4 Å². The normalized spacial score (nSPS) is 15.3. The Balaban J connectivity index is 1.89. The van der Waals surface area contributed by atoms with Crippen molar-refractivity contribution in [2.45, 2.75) is 32.1 Å². The molecule has 0 aliphatic heterocycles. The summed E-state index contributed by atoms with van der Waals surface area (Å²) in [5.74, 6) is 1.90. The lowest BCUT2D eigenvalue weighted by atomic mass is 9.89. The first-order valence-corrected chi connectivity index (χ1v) is 7.50. The van der Waals surface area contributed by atoms with Crippen molar-refractivity contribution in [3.63, 3.8) is 0 Å². The number of hydrogen-bond donors (Lipinski definition) is 2. The van der Waals surface area contributed by atoms with Crippen molar-refractivity contribution in [3.05, 3.63) is 18.2 Å². The fraction of sp³-hybridized carbons (Fsp3) is 0.562. The Morgan fingerprint density at radius 2 is 1.95 bits per heavy atom. The Morgan fingerprint density at radius 1 is 1.19 bits per heavy atom. The standard InChI is InChI=1S/C16H24N2O3/c1-20-13-8-9-15(21-2)14(10-13)18-16(19)17-11-12-6-4-3-5-7-12/h8-10,12H,3-7,11H2,1-2H3,(H2,17,18,19). The molecule has 1 aromatic carbocycles. The largest absolute Gasteiger partial charge is 0.497 e. The van der Waals surface area contributed by atoms with Crippen LogP contribution in [0.3, 0.4) is 0 Å². The molecule has 0 aromatic heterocycles. The van der Waals surface area contributed by atoms with Crippen LogP contribution in [0, 0.1) is 5.92 Å². The number of rotatable bonds is 5. The van der Waals surface area contributed by atoms with Gasteiger partial charge < -0.3 is 20.1 Å². The second kappa shape index (κ2) is 7.76. The molecule has 2 amide bonds. The third kappa shape index (κ3) is 4.55. The Labute approximate surface area is 126 Å². The maximum Gasteiger partial charge on any atom is 0.319 e. The minimum Gasteiger partial charge on any atom is -0.497 e. The van der Waals surface area contributed by atoms with Crippen molar-refractivity contribution in [1.82, 2.24) is 5.32 Å². The predicted molar refractivity (Wildman–Crippen MR) is 83.1 cm³/mol. The van der Waals surface area contributed by atoms with Crippen LogP contribution < -0.4 is 20.1 Å². The molecule has 0 heterocycles. The van der Waals surface area contributed by atoms with Crippen molar-refractivity contribution in [2.75, 3.05) is 26.1 Å². The van der Waals surface area contributed by atoms with Crippen LogP contribution in [0.15, 0.2) is 18.2 Å². The summed E-state index contributed by atoms with van der Waals surface area (Å²) >= 11 is 0. The highest BCUT2D eigenvalue weighted by Crippen LogP contribution is 2.28. The molecule has 0 saturated heterocycles. The van der Waals surface area contributed by atoms with Crippen LogP contribution in [0.1, 0.15) is 32.1 Å². The number of amides is 2. The van der Waals surface area contributed by atoms with Gasteiger partial charge in [0, 0.05) is 12.6 Å². The third-order valence-corrected chi connectivity index (χ3v) is 3.93. The van der Waals surface area contributed by atoms with Crippen molar-refractivity contribution >= 4 is 11.7 Å². The molecule has 0 atom stereocenters. The van der Waals surface area contributed by atoms with Crippen LogP contribution in [0.2, 0.25) is 0 Å². The number of urea groups is 1. The molecule has 116 valence electrons. The first kappa shape index (κ1) is 15.5. The van der Waals surface area contributed by atoms with Gasteiger partial charge in [-0.25, -0.2) is 4.79 Å². The van der Waals surface area contributed by atoms with Crippen LogP contribution >= 0.6 is 0 Å². The number of anilines is 1. The van der Waals surface area contributed by atoms with Crippen molar-refractivity contribution in [2.24, 2.45) is 5.92 Å². The Morgan fingerprint density at radius 3 is 2.62 bits per heavy atom. The van der Waals surface area contributed by atoms with Gasteiger partial charge in [-0.3, -0.25) is 0 Å². The Bertz CT molecular complexity index is 471. The molecule has 2 N–H and O–H groups in total. The van der Waals surface area contributed by atoms with Gasteiger partial charge in [0.25, 0.3) is 0 Å². The van der Waals surface area contributed by atoms with Crippen molar-refractivity contribution < 1.29 is 14.3 Å². The molecule has 21 heavy (non-hydrogen) atoms. The van der Waals surface area contributed by atoms with E-state index in [9.17, 15) is 4.79 Å². The van der Waals surface area contributed by atoms with E-state index in [1.165, 1.54) is 32.1 Å². The van der Waals surface area contributed by atoms with E-state index in [1.807, 2.05) is 0 Å². The summed E-state index contributed by atoms with van der Waals surface area (Å²) in [4.78, 5) is 12.0. The summed E-state index contributed by atoms with van der Waals surface area (Å²) in [5.41, 5.74) is 0.609. The lowest BCUT2D eigenvalue weighted by Crippen LogP contribution is -2.33. The van der Waals surface area contributed by atoms with Crippen LogP contribution in [0.5, 0.6) is 11.5 Å². The first-order valence-electron chi connectivity index (χ1n) is 7.50. The van der Waals surface area contributed by atoms with E-state index >= 15 is 0 Å². The summed E-state index contributed by atoms with van der Waals surface area (Å²) in [6.45, 7) is 0.734. The van der Waals surface area contributed by atoms with Gasteiger partial charge in [0.1, 0.15) is 11.5 Å². The predicted octanol–water partition coefficient (Wildman–Crippen LogP) is 3.41. The summed E-state index contributed by atoms with van der Waals surface area (Å²) in [6.07, 6.45) is 6.30. The Kier molecular flexibility index (Phi) is 5.72. The SMILES string of the molecule is COc1ccc(OC)c(NC(=O)NCC2CCCCC2)c1. The molecule has 0 unspecified atom stereocenters. The van der Waals surface area contributed by atoms with Crippen molar-refractivity contribution in [3.8, 4) is 11.5 Å². The zero-order valence-corrected chi connectivity index (χ0v) is 12.8. The van der Waals surface area contributed by atoms with E-state index in [2.05, 4.69) is 10.6 Å². The molecule has 1 aliphatic rings. The van der Waals surface area contributed by atoms with Crippen LogP contribution in [-0.2, 0) is 0 Å². The first-order chi connectivity index (χ1) is 10.2. The van der Waals surface area contributed by atoms with E-state index < -0.39 is 0 Å². The number of hydrogen-bond acceptors (Lipinski definition) is 3. The minimum atomic E-state index is -0.202. The number of nitrogens with one attached hydrogen (secondary N) is 2. The molecule has 1 fully saturated rings. The lowest BCUT2D eigenvalue weighted by molar-refractivity contribution is 0.247. The quantitative estimate of drug-likeness (QED) is 0.874. The topological polar surface area (TPSA) is 59.6 Å². The minimum absolute atomic E-state index is 0.202. The van der Waals surface area contributed by atoms with Crippen LogP contribution in [0.25, 0.3) is 0 Å². The summed E-state index contributed by atoms with van der Waals surface area (Å²) < 4.78 is 10.4. The molecule has 2 rings (SSSR count). The third-order valence-electron chi connectivity index (χ3n) is 3.93. The van der Waals surface area contributed by atoms with Gasteiger partial charge in [-0.15, -0.1) is 0 Å². The van der Waals surface area contributed by atoms with E-state index in [0.29, 0.717) is 23.1 Å². The maximum atomic E-state index is 12.0. The fourth-order valence-electron chi connectivity index (χ4n) is 2.71. The molecular weight excluding hydrogens is 268 g/mol. The molecule has 1 saturated carbocycles. The highest BCUT2D eigenvalue weighted by Gasteiger charge is 2.15. The second-order valence-electron chi connectivity index (χ2n) is 5.41. The summed E-state index contributed by atoms with van der Waals surface area (Å²) in [6, 6.07) is 5.12. The lowest BCUT2D eigenvalue weighted by Gasteiger charge is -2.22. The van der Waals surface area contributed by atoms with Gasteiger partial charge in [-0.2, -0.15) is 0 Å². The highest BCUT2D eigenvalue weighted by atomic mass is 16.5. The van der Waals surface area contributed by atoms with Crippen LogP contribution in [0.4, 0.5) is 10.5 Å². The molecular formula is C16H24N2O3. The van der Waals surface area contributed by atoms with E-state index in [0.717, 1.165) is 6.54 Å². The smallest absolute Gasteiger partial charge is 0.319 e. The number of carbonyl (C=O) groups is 1. The average molecular weight is 292 g/mol. The molecule has 5 heteroatoms. The highest BCUT2D eigenvalue weighted by molar-refractivity contribution is 5.91. The molecule has 0 spiro atoms. The van der Waals surface area contributed by atoms with Gasteiger partial charge in [-0.05, 0) is 30.9 Å². The summed E-state index contributed by atoms with van der Waals surface area (Å²) in [5, 5.41) is 5.76. The number of carbonyl (C=O) groups excluding carboxylic acids is 1. The molecule has 5 nitrogen and oxygen atoms in total. The van der Waals surface area contributed by atoms with Crippen molar-refractivity contribution in [1.29, 1.82) is 0 Å². The van der Waals surface area contributed by atoms with Gasteiger partial charge in [0.05, 0.1) is 19.9 Å². The van der Waals surface area contributed by atoms with Gasteiger partial charge in [0.15, 0.2) is 0 Å². The number of methoxy groups -OCH3 is 2. The maximum absolute atomic E-state index is 12.0. The van der Waals surface area contributed by atoms with E-state index in [4.69, 9.17) is 9.47 Å². The molecule has 1 aromatic rings. The van der Waals surface area contributed by atoms with Gasteiger partial charge in [-0.1, -0.05) is 19.3 Å². The number of ether oxygens (including phenoxy) is 2. The second-order valence-corrected chi connectivity index (χ2v) is 5.41. The molecule has 0 bridgehead atoms. The Hall–Kier alpha value is -1.91. The monoisotopic (exact) mass is 292 g/mol. The van der Waals surface area contributed by atoms with Gasteiger partial charge >= 0.3 is 6.03 Å². The fourth-order valence-corrected chi connectivity index (χ4v) is 2.71. The zero-order chi connectivity index (χ0) is 15.1. The summed E-state index contributed by atoms with van der Waals surface area (Å²) in [7, 11) is 3.17. The number of benzene rings is 1. The van der Waals surface area contributed by atoms with Gasteiger partial charge in [0.2, 0.25) is 0 Å². The molecule has 0 radical (unpaired) electrons. The molecule has 1 aliphatic carbocycles. The zero-order valence-electron chi connectivity index (χ0n) is 12.8. The average Bonchev–Trinajstić information content (AvgIpc) is 2.54. The van der Waals surface area contributed by atoms with E-state index in [-0.39, 0.29) is 6.03 Å². The van der Waals surface area contributed by atoms with Crippen LogP contribution in [-0.4, -0.2) is 26.8 Å².